The van der Waals surface area contributed by atoms with Crippen LogP contribution < -0.4 is 10.6 Å². The number of amides is 1. The largest absolute Gasteiger partial charge is 0.354 e. The van der Waals surface area contributed by atoms with E-state index in [0.717, 1.165) is 32.5 Å². The van der Waals surface area contributed by atoms with Gasteiger partial charge >= 0.3 is 0 Å². The van der Waals surface area contributed by atoms with Crippen LogP contribution in [0.5, 0.6) is 0 Å². The first-order valence-electron chi connectivity index (χ1n) is 6.06. The fourth-order valence-electron chi connectivity index (χ4n) is 2.27. The van der Waals surface area contributed by atoms with E-state index in [0.29, 0.717) is 0 Å². The Morgan fingerprint density at radius 1 is 1.50 bits per heavy atom. The molecule has 0 saturated carbocycles. The van der Waals surface area contributed by atoms with Crippen molar-refractivity contribution in [1.82, 2.24) is 15.5 Å². The molecular weight excluding hydrogens is 202 g/mol. The third-order valence-electron chi connectivity index (χ3n) is 2.86. The molecule has 1 saturated heterocycles. The molecule has 0 aliphatic carbocycles. The van der Waals surface area contributed by atoms with Gasteiger partial charge in [-0.05, 0) is 38.9 Å². The lowest BCUT2D eigenvalue weighted by Gasteiger charge is -2.29. The van der Waals surface area contributed by atoms with Gasteiger partial charge in [0.1, 0.15) is 0 Å². The van der Waals surface area contributed by atoms with E-state index >= 15 is 0 Å². The summed E-state index contributed by atoms with van der Waals surface area (Å²) in [6, 6.07) is 0.0372. The monoisotopic (exact) mass is 227 g/mol. The molecule has 0 radical (unpaired) electrons. The smallest absolute Gasteiger partial charge is 0.237 e. The predicted molar refractivity (Wildman–Crippen MR) is 66.4 cm³/mol. The maximum absolute atomic E-state index is 11.8. The highest BCUT2D eigenvalue weighted by Crippen LogP contribution is 2.14. The van der Waals surface area contributed by atoms with Crippen molar-refractivity contribution in [1.29, 1.82) is 0 Å². The molecule has 0 spiro atoms. The second-order valence-electron chi connectivity index (χ2n) is 5.77. The normalized spacial score (nSPS) is 21.4. The minimum Gasteiger partial charge on any atom is -0.354 e. The lowest BCUT2D eigenvalue weighted by molar-refractivity contribution is -0.123. The summed E-state index contributed by atoms with van der Waals surface area (Å²) in [5.41, 5.74) is 0.123. The van der Waals surface area contributed by atoms with Crippen LogP contribution in [0.2, 0.25) is 0 Å². The first kappa shape index (κ1) is 13.5. The summed E-state index contributed by atoms with van der Waals surface area (Å²) in [6.45, 7) is 7.04. The second kappa shape index (κ2) is 5.64. The predicted octanol–water partition coefficient (Wildman–Crippen LogP) is 0.442. The maximum Gasteiger partial charge on any atom is 0.237 e. The minimum atomic E-state index is 0.0372. The number of carbonyl (C=O) groups is 1. The number of carbonyl (C=O) groups excluding carboxylic acids is 1. The topological polar surface area (TPSA) is 44.4 Å². The van der Waals surface area contributed by atoms with Gasteiger partial charge in [-0.2, -0.15) is 0 Å². The molecule has 4 heteroatoms. The zero-order valence-corrected chi connectivity index (χ0v) is 11.0. The Balaban J connectivity index is 2.29. The summed E-state index contributed by atoms with van der Waals surface area (Å²) in [6.07, 6.45) is 2.08. The van der Waals surface area contributed by atoms with Crippen molar-refractivity contribution in [3.8, 4) is 0 Å². The van der Waals surface area contributed by atoms with Crippen LogP contribution in [0.3, 0.4) is 0 Å². The molecule has 1 aliphatic heterocycles. The van der Waals surface area contributed by atoms with Crippen molar-refractivity contribution in [3.05, 3.63) is 0 Å². The molecule has 1 amide bonds. The van der Waals surface area contributed by atoms with Gasteiger partial charge in [-0.25, -0.2) is 0 Å². The highest BCUT2D eigenvalue weighted by atomic mass is 16.2. The molecule has 1 atom stereocenters. The molecule has 0 unspecified atom stereocenters. The van der Waals surface area contributed by atoms with E-state index in [9.17, 15) is 4.79 Å². The van der Waals surface area contributed by atoms with Crippen molar-refractivity contribution < 1.29 is 4.79 Å². The van der Waals surface area contributed by atoms with Crippen LogP contribution >= 0.6 is 0 Å². The number of rotatable bonds is 5. The van der Waals surface area contributed by atoms with E-state index in [1.807, 2.05) is 0 Å². The molecule has 16 heavy (non-hydrogen) atoms. The third-order valence-corrected chi connectivity index (χ3v) is 2.86. The van der Waals surface area contributed by atoms with Gasteiger partial charge < -0.3 is 15.5 Å². The molecule has 94 valence electrons. The van der Waals surface area contributed by atoms with E-state index < -0.39 is 0 Å². The fraction of sp³-hybridized carbons (Fsp3) is 0.917. The number of nitrogens with one attached hydrogen (secondary N) is 2. The summed E-state index contributed by atoms with van der Waals surface area (Å²) in [4.78, 5) is 13.9. The van der Waals surface area contributed by atoms with Crippen LogP contribution in [-0.4, -0.2) is 50.6 Å². The van der Waals surface area contributed by atoms with Gasteiger partial charge in [0.05, 0.1) is 6.04 Å². The Bertz CT molecular complexity index is 232. The molecule has 0 aromatic carbocycles. The standard InChI is InChI=1S/C12H25N3O/c1-12(2,9-15(3)4)8-14-11(16)10-6-5-7-13-10/h10,13H,5-9H2,1-4H3,(H,14,16)/t10-/m0/s1. The quantitative estimate of drug-likeness (QED) is 0.716. The molecule has 0 aromatic heterocycles. The Kier molecular flexibility index (Phi) is 4.74. The van der Waals surface area contributed by atoms with Crippen molar-refractivity contribution in [2.75, 3.05) is 33.7 Å². The Labute approximate surface area is 98.8 Å². The van der Waals surface area contributed by atoms with Crippen LogP contribution in [0, 0.1) is 5.41 Å². The first-order chi connectivity index (χ1) is 7.41. The summed E-state index contributed by atoms with van der Waals surface area (Å²) < 4.78 is 0. The Morgan fingerprint density at radius 2 is 2.19 bits per heavy atom. The molecular formula is C12H25N3O. The van der Waals surface area contributed by atoms with E-state index in [1.165, 1.54) is 0 Å². The van der Waals surface area contributed by atoms with Crippen molar-refractivity contribution in [3.63, 3.8) is 0 Å². The van der Waals surface area contributed by atoms with Crippen molar-refractivity contribution >= 4 is 5.91 Å². The number of hydrogen-bond acceptors (Lipinski definition) is 3. The average Bonchev–Trinajstić information content (AvgIpc) is 2.64. The molecule has 1 fully saturated rings. The zero-order valence-electron chi connectivity index (χ0n) is 11.0. The van der Waals surface area contributed by atoms with Gasteiger partial charge in [-0.15, -0.1) is 0 Å². The molecule has 2 N–H and O–H groups in total. The zero-order chi connectivity index (χ0) is 12.2. The molecule has 4 nitrogen and oxygen atoms in total. The Hall–Kier alpha value is -0.610. The van der Waals surface area contributed by atoms with Gasteiger partial charge in [0.15, 0.2) is 0 Å². The Morgan fingerprint density at radius 3 is 2.69 bits per heavy atom. The van der Waals surface area contributed by atoms with Crippen LogP contribution in [0.4, 0.5) is 0 Å². The molecule has 1 rings (SSSR count). The third kappa shape index (κ3) is 4.49. The first-order valence-corrected chi connectivity index (χ1v) is 6.06. The van der Waals surface area contributed by atoms with Gasteiger partial charge in [-0.3, -0.25) is 4.79 Å². The fourth-order valence-corrected chi connectivity index (χ4v) is 2.27. The second-order valence-corrected chi connectivity index (χ2v) is 5.77. The highest BCUT2D eigenvalue weighted by molar-refractivity contribution is 5.82. The van der Waals surface area contributed by atoms with E-state index in [-0.39, 0.29) is 17.4 Å². The van der Waals surface area contributed by atoms with Crippen LogP contribution in [0.25, 0.3) is 0 Å². The summed E-state index contributed by atoms with van der Waals surface area (Å²) >= 11 is 0. The van der Waals surface area contributed by atoms with Crippen molar-refractivity contribution in [2.24, 2.45) is 5.41 Å². The van der Waals surface area contributed by atoms with Gasteiger partial charge in [0.25, 0.3) is 0 Å². The highest BCUT2D eigenvalue weighted by Gasteiger charge is 2.25. The van der Waals surface area contributed by atoms with Gasteiger partial charge in [0.2, 0.25) is 5.91 Å². The summed E-state index contributed by atoms with van der Waals surface area (Å²) in [7, 11) is 4.12. The molecule has 0 bridgehead atoms. The minimum absolute atomic E-state index is 0.0372. The van der Waals surface area contributed by atoms with Crippen LogP contribution in [-0.2, 0) is 4.79 Å². The van der Waals surface area contributed by atoms with E-state index in [1.54, 1.807) is 0 Å². The molecule has 1 aliphatic rings. The van der Waals surface area contributed by atoms with Crippen LogP contribution in [0.1, 0.15) is 26.7 Å². The molecule has 0 aromatic rings. The summed E-state index contributed by atoms with van der Waals surface area (Å²) in [5, 5.41) is 6.25. The number of hydrogen-bond donors (Lipinski definition) is 2. The lowest BCUT2D eigenvalue weighted by Crippen LogP contribution is -2.46. The maximum atomic E-state index is 11.8. The van der Waals surface area contributed by atoms with Crippen molar-refractivity contribution in [2.45, 2.75) is 32.7 Å². The average molecular weight is 227 g/mol. The van der Waals surface area contributed by atoms with E-state index in [2.05, 4.69) is 43.5 Å². The van der Waals surface area contributed by atoms with Gasteiger partial charge in [0, 0.05) is 13.1 Å². The summed E-state index contributed by atoms with van der Waals surface area (Å²) in [5.74, 6) is 0.157. The number of nitrogens with zero attached hydrogens (tertiary/aromatic N) is 1. The van der Waals surface area contributed by atoms with Gasteiger partial charge in [-0.1, -0.05) is 13.8 Å². The molecule has 1 heterocycles. The van der Waals surface area contributed by atoms with Crippen LogP contribution in [0.15, 0.2) is 0 Å². The van der Waals surface area contributed by atoms with E-state index in [4.69, 9.17) is 0 Å². The SMILES string of the molecule is CN(C)CC(C)(C)CNC(=O)[C@@H]1CCCN1. The lowest BCUT2D eigenvalue weighted by atomic mass is 9.93.